The van der Waals surface area contributed by atoms with E-state index >= 15 is 0 Å². The number of nitrogens with one attached hydrogen (secondary N) is 1. The third-order valence-electron chi connectivity index (χ3n) is 2.00. The SMILES string of the molecule is Fc1cncc(OC2CCNC2)c1. The van der Waals surface area contributed by atoms with Gasteiger partial charge in [-0.2, -0.15) is 0 Å². The number of aromatic nitrogens is 1. The van der Waals surface area contributed by atoms with E-state index in [1.807, 2.05) is 0 Å². The van der Waals surface area contributed by atoms with Crippen LogP contribution in [0.3, 0.4) is 0 Å². The second-order valence-electron chi connectivity index (χ2n) is 3.07. The first-order valence-corrected chi connectivity index (χ1v) is 4.32. The van der Waals surface area contributed by atoms with E-state index in [9.17, 15) is 4.39 Å². The lowest BCUT2D eigenvalue weighted by Crippen LogP contribution is -2.19. The van der Waals surface area contributed by atoms with Crippen molar-refractivity contribution in [2.24, 2.45) is 0 Å². The van der Waals surface area contributed by atoms with Crippen LogP contribution in [0.4, 0.5) is 4.39 Å². The molecule has 0 aromatic carbocycles. The van der Waals surface area contributed by atoms with Gasteiger partial charge in [0.2, 0.25) is 0 Å². The molecule has 13 heavy (non-hydrogen) atoms. The lowest BCUT2D eigenvalue weighted by Gasteiger charge is -2.11. The maximum absolute atomic E-state index is 12.7. The van der Waals surface area contributed by atoms with Gasteiger partial charge in [0.25, 0.3) is 0 Å². The van der Waals surface area contributed by atoms with Crippen molar-refractivity contribution in [1.29, 1.82) is 0 Å². The molecule has 1 aliphatic heterocycles. The second-order valence-corrected chi connectivity index (χ2v) is 3.07. The first kappa shape index (κ1) is 8.44. The molecule has 0 saturated carbocycles. The molecule has 2 heterocycles. The van der Waals surface area contributed by atoms with E-state index in [1.165, 1.54) is 18.5 Å². The standard InChI is InChI=1S/C9H11FN2O/c10-7-3-9(6-12-4-7)13-8-1-2-11-5-8/h3-4,6,8,11H,1-2,5H2. The highest BCUT2D eigenvalue weighted by molar-refractivity contribution is 5.17. The molecule has 0 aliphatic carbocycles. The summed E-state index contributed by atoms with van der Waals surface area (Å²) >= 11 is 0. The van der Waals surface area contributed by atoms with Crippen molar-refractivity contribution in [3.63, 3.8) is 0 Å². The lowest BCUT2D eigenvalue weighted by atomic mass is 10.3. The summed E-state index contributed by atoms with van der Waals surface area (Å²) in [4.78, 5) is 3.71. The first-order valence-electron chi connectivity index (χ1n) is 4.32. The summed E-state index contributed by atoms with van der Waals surface area (Å²) in [6.07, 6.45) is 3.82. The summed E-state index contributed by atoms with van der Waals surface area (Å²) in [6, 6.07) is 1.35. The molecule has 0 spiro atoms. The molecule has 3 nitrogen and oxygen atoms in total. The average molecular weight is 182 g/mol. The van der Waals surface area contributed by atoms with E-state index in [0.29, 0.717) is 5.75 Å². The summed E-state index contributed by atoms with van der Waals surface area (Å²) in [5, 5.41) is 3.17. The van der Waals surface area contributed by atoms with Crippen molar-refractivity contribution in [1.82, 2.24) is 10.3 Å². The number of rotatable bonds is 2. The van der Waals surface area contributed by atoms with Gasteiger partial charge in [0.1, 0.15) is 17.7 Å². The number of hydrogen-bond acceptors (Lipinski definition) is 3. The van der Waals surface area contributed by atoms with Crippen LogP contribution in [-0.2, 0) is 0 Å². The number of nitrogens with zero attached hydrogens (tertiary/aromatic N) is 1. The van der Waals surface area contributed by atoms with Crippen LogP contribution in [0.2, 0.25) is 0 Å². The van der Waals surface area contributed by atoms with Crippen LogP contribution < -0.4 is 10.1 Å². The summed E-state index contributed by atoms with van der Waals surface area (Å²) in [6.45, 7) is 1.80. The Labute approximate surface area is 75.9 Å². The lowest BCUT2D eigenvalue weighted by molar-refractivity contribution is 0.221. The minimum atomic E-state index is -0.358. The van der Waals surface area contributed by atoms with Gasteiger partial charge < -0.3 is 10.1 Å². The van der Waals surface area contributed by atoms with Crippen LogP contribution >= 0.6 is 0 Å². The van der Waals surface area contributed by atoms with Gasteiger partial charge in [-0.3, -0.25) is 4.98 Å². The van der Waals surface area contributed by atoms with Gasteiger partial charge in [0, 0.05) is 12.6 Å². The van der Waals surface area contributed by atoms with Gasteiger partial charge in [-0.1, -0.05) is 0 Å². The number of pyridine rings is 1. The maximum atomic E-state index is 12.7. The Morgan fingerprint density at radius 2 is 2.46 bits per heavy atom. The smallest absolute Gasteiger partial charge is 0.145 e. The third-order valence-corrected chi connectivity index (χ3v) is 2.00. The van der Waals surface area contributed by atoms with Gasteiger partial charge in [0.05, 0.1) is 12.4 Å². The van der Waals surface area contributed by atoms with Crippen molar-refractivity contribution in [2.45, 2.75) is 12.5 Å². The van der Waals surface area contributed by atoms with Gasteiger partial charge in [0.15, 0.2) is 0 Å². The molecule has 1 saturated heterocycles. The molecular weight excluding hydrogens is 171 g/mol. The molecule has 2 rings (SSSR count). The van der Waals surface area contributed by atoms with E-state index in [-0.39, 0.29) is 11.9 Å². The van der Waals surface area contributed by atoms with Gasteiger partial charge in [-0.05, 0) is 13.0 Å². The summed E-state index contributed by atoms with van der Waals surface area (Å²) in [7, 11) is 0. The number of hydrogen-bond donors (Lipinski definition) is 1. The van der Waals surface area contributed by atoms with Crippen LogP contribution in [0.25, 0.3) is 0 Å². The van der Waals surface area contributed by atoms with E-state index in [4.69, 9.17) is 4.74 Å². The largest absolute Gasteiger partial charge is 0.487 e. The first-order chi connectivity index (χ1) is 6.34. The van der Waals surface area contributed by atoms with Crippen molar-refractivity contribution in [3.05, 3.63) is 24.3 Å². The minimum Gasteiger partial charge on any atom is -0.487 e. The quantitative estimate of drug-likeness (QED) is 0.739. The van der Waals surface area contributed by atoms with Gasteiger partial charge in [-0.25, -0.2) is 4.39 Å². The van der Waals surface area contributed by atoms with Crippen molar-refractivity contribution in [3.8, 4) is 5.75 Å². The molecule has 1 fully saturated rings. The van der Waals surface area contributed by atoms with Crippen LogP contribution in [0.15, 0.2) is 18.5 Å². The topological polar surface area (TPSA) is 34.1 Å². The highest BCUT2D eigenvalue weighted by atomic mass is 19.1. The van der Waals surface area contributed by atoms with Crippen molar-refractivity contribution in [2.75, 3.05) is 13.1 Å². The van der Waals surface area contributed by atoms with Gasteiger partial charge >= 0.3 is 0 Å². The molecule has 0 amide bonds. The Hall–Kier alpha value is -1.16. The monoisotopic (exact) mass is 182 g/mol. The van der Waals surface area contributed by atoms with Crippen LogP contribution in [-0.4, -0.2) is 24.2 Å². The maximum Gasteiger partial charge on any atom is 0.145 e. The molecule has 1 atom stereocenters. The molecule has 4 heteroatoms. The molecule has 0 radical (unpaired) electrons. The predicted molar refractivity (Wildman–Crippen MR) is 46.1 cm³/mol. The highest BCUT2D eigenvalue weighted by Gasteiger charge is 2.15. The van der Waals surface area contributed by atoms with Crippen LogP contribution in [0, 0.1) is 5.82 Å². The summed E-state index contributed by atoms with van der Waals surface area (Å²) in [5.41, 5.74) is 0. The minimum absolute atomic E-state index is 0.156. The normalized spacial score (nSPS) is 21.8. The highest BCUT2D eigenvalue weighted by Crippen LogP contribution is 2.14. The Morgan fingerprint density at radius 3 is 3.15 bits per heavy atom. The molecular formula is C9H11FN2O. The molecule has 1 N–H and O–H groups in total. The predicted octanol–water partition coefficient (Wildman–Crippen LogP) is 0.961. The zero-order valence-electron chi connectivity index (χ0n) is 7.16. The Morgan fingerprint density at radius 1 is 1.54 bits per heavy atom. The zero-order valence-corrected chi connectivity index (χ0v) is 7.16. The van der Waals surface area contributed by atoms with Crippen LogP contribution in [0.1, 0.15) is 6.42 Å². The Kier molecular flexibility index (Phi) is 2.40. The average Bonchev–Trinajstić information content (AvgIpc) is 2.57. The van der Waals surface area contributed by atoms with Gasteiger partial charge in [-0.15, -0.1) is 0 Å². The third kappa shape index (κ3) is 2.15. The van der Waals surface area contributed by atoms with E-state index in [0.717, 1.165) is 19.5 Å². The number of ether oxygens (including phenoxy) is 1. The van der Waals surface area contributed by atoms with E-state index < -0.39 is 0 Å². The van der Waals surface area contributed by atoms with Crippen LogP contribution in [0.5, 0.6) is 5.75 Å². The number of halogens is 1. The fraction of sp³-hybridized carbons (Fsp3) is 0.444. The molecule has 0 bridgehead atoms. The molecule has 1 unspecified atom stereocenters. The molecule has 1 aromatic heterocycles. The second kappa shape index (κ2) is 3.70. The zero-order chi connectivity index (χ0) is 9.10. The van der Waals surface area contributed by atoms with E-state index in [2.05, 4.69) is 10.3 Å². The van der Waals surface area contributed by atoms with Crippen molar-refractivity contribution >= 4 is 0 Å². The Bertz CT molecular complexity index is 287. The van der Waals surface area contributed by atoms with E-state index in [1.54, 1.807) is 0 Å². The molecule has 1 aromatic rings. The fourth-order valence-electron chi connectivity index (χ4n) is 1.38. The fourth-order valence-corrected chi connectivity index (χ4v) is 1.38. The Balaban J connectivity index is 2.00. The van der Waals surface area contributed by atoms with Crippen molar-refractivity contribution < 1.29 is 9.13 Å². The molecule has 1 aliphatic rings. The summed E-state index contributed by atoms with van der Waals surface area (Å²) < 4.78 is 18.2. The molecule has 70 valence electrons. The summed E-state index contributed by atoms with van der Waals surface area (Å²) in [5.74, 6) is 0.150.